The molecule has 4 aromatic rings. The first-order chi connectivity index (χ1) is 15.9. The maximum Gasteiger partial charge on any atom is 0.267 e. The van der Waals surface area contributed by atoms with Gasteiger partial charge in [-0.3, -0.25) is 14.2 Å². The van der Waals surface area contributed by atoms with E-state index in [4.69, 9.17) is 14.1 Å². The fraction of sp³-hybridized carbons (Fsp3) is 0.292. The molecular weight excluding hydrogens is 458 g/mol. The van der Waals surface area contributed by atoms with Gasteiger partial charge >= 0.3 is 0 Å². The highest BCUT2D eigenvalue weighted by atomic mass is 32.2. The van der Waals surface area contributed by atoms with Crippen LogP contribution in [0.15, 0.2) is 57.0 Å². The van der Waals surface area contributed by atoms with Crippen LogP contribution in [0.3, 0.4) is 0 Å². The number of thioether (sulfide) groups is 1. The van der Waals surface area contributed by atoms with E-state index in [1.165, 1.54) is 23.1 Å². The topological polar surface area (TPSA) is 77.6 Å². The smallest absolute Gasteiger partial charge is 0.267 e. The lowest BCUT2D eigenvalue weighted by molar-refractivity contribution is -0.127. The van der Waals surface area contributed by atoms with Crippen LogP contribution in [0.2, 0.25) is 0 Å². The molecule has 0 bridgehead atoms. The molecule has 9 heteroatoms. The number of carbonyl (C=O) groups excluding carboxylic acids is 1. The van der Waals surface area contributed by atoms with Crippen molar-refractivity contribution in [2.75, 3.05) is 19.9 Å². The summed E-state index contributed by atoms with van der Waals surface area (Å²) >= 11 is 2.78. The summed E-state index contributed by atoms with van der Waals surface area (Å²) in [4.78, 5) is 34.6. The third kappa shape index (κ3) is 4.69. The Balaban J connectivity index is 1.71. The van der Waals surface area contributed by atoms with Crippen molar-refractivity contribution >= 4 is 39.2 Å². The minimum Gasteiger partial charge on any atom is -0.497 e. The van der Waals surface area contributed by atoms with Crippen molar-refractivity contribution < 1.29 is 13.9 Å². The first-order valence-electron chi connectivity index (χ1n) is 10.5. The van der Waals surface area contributed by atoms with Crippen molar-refractivity contribution in [3.8, 4) is 11.4 Å². The fourth-order valence-electron chi connectivity index (χ4n) is 3.64. The van der Waals surface area contributed by atoms with Crippen molar-refractivity contribution in [2.24, 2.45) is 0 Å². The highest BCUT2D eigenvalue weighted by molar-refractivity contribution is 7.99. The zero-order chi connectivity index (χ0) is 23.5. The van der Waals surface area contributed by atoms with Crippen LogP contribution in [0.25, 0.3) is 15.9 Å². The molecule has 0 atom stereocenters. The van der Waals surface area contributed by atoms with Gasteiger partial charge in [0.1, 0.15) is 16.3 Å². The average Bonchev–Trinajstić information content (AvgIpc) is 3.44. The number of amides is 1. The number of aryl methyl sites for hydroxylation is 2. The Kier molecular flexibility index (Phi) is 6.90. The van der Waals surface area contributed by atoms with Crippen molar-refractivity contribution in [1.29, 1.82) is 0 Å². The number of benzene rings is 1. The molecule has 0 fully saturated rings. The molecule has 1 amide bonds. The van der Waals surface area contributed by atoms with Gasteiger partial charge in [0, 0.05) is 11.9 Å². The molecule has 3 heterocycles. The molecule has 0 aliphatic rings. The maximum atomic E-state index is 13.7. The third-order valence-electron chi connectivity index (χ3n) is 5.40. The second kappa shape index (κ2) is 9.84. The Morgan fingerprint density at radius 1 is 1.27 bits per heavy atom. The standard InChI is InChI=1S/C24H25N3O4S2/c1-5-19-15(2)33-22-21(19)23(29)27(16-8-10-17(30-4)11-9-16)24(25-22)32-14-20(28)26(3)13-18-7-6-12-31-18/h6-12H,5,13-14H2,1-4H3. The predicted molar refractivity (Wildman–Crippen MR) is 132 cm³/mol. The summed E-state index contributed by atoms with van der Waals surface area (Å²) in [6, 6.07) is 10.9. The normalized spacial score (nSPS) is 11.2. The zero-order valence-electron chi connectivity index (χ0n) is 19.0. The Morgan fingerprint density at radius 2 is 2.03 bits per heavy atom. The van der Waals surface area contributed by atoms with E-state index < -0.39 is 0 Å². The predicted octanol–water partition coefficient (Wildman–Crippen LogP) is 4.67. The summed E-state index contributed by atoms with van der Waals surface area (Å²) in [5, 5.41) is 1.14. The van der Waals surface area contributed by atoms with Gasteiger partial charge in [-0.05, 0) is 55.3 Å². The van der Waals surface area contributed by atoms with Crippen LogP contribution < -0.4 is 10.3 Å². The molecule has 3 aromatic heterocycles. The number of methoxy groups -OCH3 is 1. The van der Waals surface area contributed by atoms with E-state index in [-0.39, 0.29) is 17.2 Å². The van der Waals surface area contributed by atoms with E-state index in [1.54, 1.807) is 36.0 Å². The summed E-state index contributed by atoms with van der Waals surface area (Å²) < 4.78 is 12.2. The second-order valence-corrected chi connectivity index (χ2v) is 9.67. The number of fused-ring (bicyclic) bond motifs is 1. The number of hydrogen-bond acceptors (Lipinski definition) is 7. The molecule has 0 aliphatic carbocycles. The van der Waals surface area contributed by atoms with Gasteiger partial charge in [0.2, 0.25) is 5.91 Å². The van der Waals surface area contributed by atoms with Gasteiger partial charge in [-0.1, -0.05) is 18.7 Å². The number of furan rings is 1. The average molecular weight is 484 g/mol. The van der Waals surface area contributed by atoms with E-state index >= 15 is 0 Å². The maximum absolute atomic E-state index is 13.7. The van der Waals surface area contributed by atoms with Gasteiger partial charge in [0.05, 0.1) is 36.7 Å². The van der Waals surface area contributed by atoms with Crippen LogP contribution in [-0.4, -0.2) is 40.3 Å². The molecule has 33 heavy (non-hydrogen) atoms. The van der Waals surface area contributed by atoms with E-state index in [1.807, 2.05) is 44.2 Å². The quantitative estimate of drug-likeness (QED) is 0.268. The number of ether oxygens (including phenoxy) is 1. The number of rotatable bonds is 8. The number of thiophene rings is 1. The number of hydrogen-bond donors (Lipinski definition) is 0. The number of nitrogens with zero attached hydrogens (tertiary/aromatic N) is 3. The summed E-state index contributed by atoms with van der Waals surface area (Å²) in [5.74, 6) is 1.48. The van der Waals surface area contributed by atoms with Crippen molar-refractivity contribution in [2.45, 2.75) is 32.0 Å². The van der Waals surface area contributed by atoms with Crippen LogP contribution in [-0.2, 0) is 17.8 Å². The van der Waals surface area contributed by atoms with E-state index in [0.717, 1.165) is 16.9 Å². The molecule has 0 radical (unpaired) electrons. The van der Waals surface area contributed by atoms with Crippen molar-refractivity contribution in [3.05, 3.63) is 69.2 Å². The first-order valence-corrected chi connectivity index (χ1v) is 12.3. The number of aromatic nitrogens is 2. The Labute approximate surface area is 200 Å². The van der Waals surface area contributed by atoms with Gasteiger partial charge in [-0.25, -0.2) is 4.98 Å². The fourth-order valence-corrected chi connectivity index (χ4v) is 5.75. The molecule has 0 unspecified atom stereocenters. The largest absolute Gasteiger partial charge is 0.497 e. The van der Waals surface area contributed by atoms with E-state index in [2.05, 4.69) is 0 Å². The van der Waals surface area contributed by atoms with Gasteiger partial charge < -0.3 is 14.1 Å². The zero-order valence-corrected chi connectivity index (χ0v) is 20.6. The monoisotopic (exact) mass is 483 g/mol. The minimum atomic E-state index is -0.120. The van der Waals surface area contributed by atoms with Gasteiger partial charge in [0.25, 0.3) is 5.56 Å². The lowest BCUT2D eigenvalue weighted by Crippen LogP contribution is -2.28. The lowest BCUT2D eigenvalue weighted by atomic mass is 10.1. The van der Waals surface area contributed by atoms with Crippen LogP contribution in [0.1, 0.15) is 23.1 Å². The molecule has 0 aliphatic heterocycles. The van der Waals surface area contributed by atoms with Crippen molar-refractivity contribution in [3.63, 3.8) is 0 Å². The van der Waals surface area contributed by atoms with Crippen LogP contribution in [0.5, 0.6) is 5.75 Å². The molecule has 4 rings (SSSR count). The summed E-state index contributed by atoms with van der Waals surface area (Å²) in [7, 11) is 3.33. The Morgan fingerprint density at radius 3 is 2.67 bits per heavy atom. The van der Waals surface area contributed by atoms with Crippen LogP contribution in [0.4, 0.5) is 0 Å². The Hall–Kier alpha value is -3.04. The molecular formula is C24H25N3O4S2. The van der Waals surface area contributed by atoms with Gasteiger partial charge in [0.15, 0.2) is 5.16 Å². The summed E-state index contributed by atoms with van der Waals surface area (Å²) in [6.07, 6.45) is 2.34. The summed E-state index contributed by atoms with van der Waals surface area (Å²) in [6.45, 7) is 4.44. The Bertz CT molecular complexity index is 1320. The van der Waals surface area contributed by atoms with Gasteiger partial charge in [-0.15, -0.1) is 11.3 Å². The highest BCUT2D eigenvalue weighted by Gasteiger charge is 2.20. The molecule has 172 valence electrons. The van der Waals surface area contributed by atoms with Crippen LogP contribution >= 0.6 is 23.1 Å². The highest BCUT2D eigenvalue weighted by Crippen LogP contribution is 2.31. The van der Waals surface area contributed by atoms with E-state index in [9.17, 15) is 9.59 Å². The first kappa shape index (κ1) is 23.1. The molecule has 1 aromatic carbocycles. The van der Waals surface area contributed by atoms with E-state index in [0.29, 0.717) is 39.1 Å². The minimum absolute atomic E-state index is 0.0800. The van der Waals surface area contributed by atoms with Crippen LogP contribution in [0, 0.1) is 6.92 Å². The molecule has 0 spiro atoms. The SMILES string of the molecule is CCc1c(C)sc2nc(SCC(=O)N(C)Cc3ccco3)n(-c3ccc(OC)cc3)c(=O)c12. The van der Waals surface area contributed by atoms with Crippen molar-refractivity contribution in [1.82, 2.24) is 14.5 Å². The second-order valence-electron chi connectivity index (χ2n) is 7.52. The lowest BCUT2D eigenvalue weighted by Gasteiger charge is -2.17. The number of carbonyl (C=O) groups is 1. The third-order valence-corrected chi connectivity index (χ3v) is 7.37. The molecule has 0 saturated carbocycles. The molecule has 7 nitrogen and oxygen atoms in total. The molecule has 0 N–H and O–H groups in total. The van der Waals surface area contributed by atoms with Gasteiger partial charge in [-0.2, -0.15) is 0 Å². The molecule has 0 saturated heterocycles. The summed E-state index contributed by atoms with van der Waals surface area (Å²) in [5.41, 5.74) is 1.59.